The predicted molar refractivity (Wildman–Crippen MR) is 85.8 cm³/mol. The van der Waals surface area contributed by atoms with Crippen LogP contribution in [0.2, 0.25) is 0 Å². The van der Waals surface area contributed by atoms with Crippen molar-refractivity contribution in [2.24, 2.45) is 0 Å². The number of anilines is 2. The quantitative estimate of drug-likeness (QED) is 0.872. The third kappa shape index (κ3) is 3.92. The van der Waals surface area contributed by atoms with Crippen LogP contribution < -0.4 is 15.5 Å². The van der Waals surface area contributed by atoms with Gasteiger partial charge in [0.05, 0.1) is 11.9 Å². The summed E-state index contributed by atoms with van der Waals surface area (Å²) in [6, 6.07) is 12.6. The standard InChI is InChI=1S/C16H21N5/c1-2-4-14(5-3-1)6-7-18-16-12-15(13-19-20-16)21-10-8-17-9-11-21/h1-5,12-13,17H,6-11H2,(H,18,20). The molecule has 1 aliphatic rings. The number of nitrogens with zero attached hydrogens (tertiary/aromatic N) is 3. The molecule has 2 heterocycles. The fourth-order valence-corrected chi connectivity index (χ4v) is 2.52. The number of nitrogens with one attached hydrogen (secondary N) is 2. The maximum Gasteiger partial charge on any atom is 0.150 e. The lowest BCUT2D eigenvalue weighted by atomic mass is 10.1. The Morgan fingerprint density at radius 1 is 1.14 bits per heavy atom. The van der Waals surface area contributed by atoms with Crippen molar-refractivity contribution in [2.75, 3.05) is 42.9 Å². The van der Waals surface area contributed by atoms with Gasteiger partial charge in [-0.25, -0.2) is 0 Å². The van der Waals surface area contributed by atoms with Crippen LogP contribution in [0.25, 0.3) is 0 Å². The topological polar surface area (TPSA) is 53.1 Å². The maximum atomic E-state index is 4.16. The monoisotopic (exact) mass is 283 g/mol. The molecule has 5 heteroatoms. The Balaban J connectivity index is 1.55. The largest absolute Gasteiger partial charge is 0.368 e. The first-order chi connectivity index (χ1) is 10.4. The molecule has 1 aromatic carbocycles. The molecule has 0 saturated carbocycles. The van der Waals surface area contributed by atoms with Gasteiger partial charge >= 0.3 is 0 Å². The molecule has 0 unspecified atom stereocenters. The lowest BCUT2D eigenvalue weighted by Gasteiger charge is -2.29. The highest BCUT2D eigenvalue weighted by atomic mass is 15.2. The van der Waals surface area contributed by atoms with E-state index in [4.69, 9.17) is 0 Å². The van der Waals surface area contributed by atoms with Gasteiger partial charge in [-0.2, -0.15) is 5.10 Å². The smallest absolute Gasteiger partial charge is 0.150 e. The van der Waals surface area contributed by atoms with Crippen LogP contribution in [0.1, 0.15) is 5.56 Å². The van der Waals surface area contributed by atoms with Crippen molar-refractivity contribution < 1.29 is 0 Å². The van der Waals surface area contributed by atoms with E-state index in [1.54, 1.807) is 0 Å². The number of hydrogen-bond acceptors (Lipinski definition) is 5. The molecule has 0 spiro atoms. The Morgan fingerprint density at radius 2 is 1.95 bits per heavy atom. The van der Waals surface area contributed by atoms with E-state index in [2.05, 4.69) is 56.1 Å². The highest BCUT2D eigenvalue weighted by Crippen LogP contribution is 2.16. The van der Waals surface area contributed by atoms with Gasteiger partial charge in [-0.3, -0.25) is 0 Å². The molecule has 0 atom stereocenters. The Morgan fingerprint density at radius 3 is 2.76 bits per heavy atom. The van der Waals surface area contributed by atoms with Gasteiger partial charge in [-0.15, -0.1) is 5.10 Å². The first-order valence-corrected chi connectivity index (χ1v) is 7.48. The summed E-state index contributed by atoms with van der Waals surface area (Å²) in [6.45, 7) is 4.96. The average Bonchev–Trinajstić information content (AvgIpc) is 2.57. The fraction of sp³-hybridized carbons (Fsp3) is 0.375. The Labute approximate surface area is 125 Å². The normalized spacial score (nSPS) is 15.0. The molecule has 5 nitrogen and oxygen atoms in total. The molecule has 1 aromatic heterocycles. The Hall–Kier alpha value is -2.14. The highest BCUT2D eigenvalue weighted by molar-refractivity contribution is 5.52. The fourth-order valence-electron chi connectivity index (χ4n) is 2.52. The lowest BCUT2D eigenvalue weighted by molar-refractivity contribution is 0.588. The zero-order valence-electron chi connectivity index (χ0n) is 12.1. The van der Waals surface area contributed by atoms with E-state index in [1.807, 2.05) is 12.3 Å². The Bertz CT molecular complexity index is 552. The summed E-state index contributed by atoms with van der Waals surface area (Å²) in [5.74, 6) is 0.849. The van der Waals surface area contributed by atoms with Gasteiger partial charge in [0.2, 0.25) is 0 Å². The van der Waals surface area contributed by atoms with Crippen LogP contribution in [0, 0.1) is 0 Å². The number of aromatic nitrogens is 2. The molecule has 2 aromatic rings. The molecule has 1 saturated heterocycles. The van der Waals surface area contributed by atoms with Gasteiger partial charge < -0.3 is 15.5 Å². The van der Waals surface area contributed by atoms with Crippen LogP contribution in [-0.4, -0.2) is 42.9 Å². The maximum absolute atomic E-state index is 4.16. The van der Waals surface area contributed by atoms with Crippen LogP contribution in [0.3, 0.4) is 0 Å². The van der Waals surface area contributed by atoms with Crippen LogP contribution >= 0.6 is 0 Å². The summed E-state index contributed by atoms with van der Waals surface area (Å²) >= 11 is 0. The minimum Gasteiger partial charge on any atom is -0.368 e. The molecular weight excluding hydrogens is 262 g/mol. The van der Waals surface area contributed by atoms with Gasteiger partial charge in [0, 0.05) is 38.8 Å². The molecular formula is C16H21N5. The molecule has 1 aliphatic heterocycles. The molecule has 0 radical (unpaired) electrons. The van der Waals surface area contributed by atoms with Crippen LogP contribution in [0.15, 0.2) is 42.6 Å². The SMILES string of the molecule is c1ccc(CCNc2cc(N3CCNCC3)cnn2)cc1. The summed E-state index contributed by atoms with van der Waals surface area (Å²) < 4.78 is 0. The molecule has 110 valence electrons. The second kappa shape index (κ2) is 7.04. The number of rotatable bonds is 5. The number of benzene rings is 1. The van der Waals surface area contributed by atoms with Crippen molar-refractivity contribution in [3.05, 3.63) is 48.2 Å². The zero-order valence-corrected chi connectivity index (χ0v) is 12.1. The predicted octanol–water partition coefficient (Wildman–Crippen LogP) is 1.54. The van der Waals surface area contributed by atoms with Gasteiger partial charge in [0.15, 0.2) is 5.82 Å². The third-order valence-electron chi connectivity index (χ3n) is 3.68. The van der Waals surface area contributed by atoms with E-state index >= 15 is 0 Å². The second-order valence-electron chi connectivity index (χ2n) is 5.20. The van der Waals surface area contributed by atoms with Crippen molar-refractivity contribution in [3.8, 4) is 0 Å². The van der Waals surface area contributed by atoms with Crippen molar-refractivity contribution in [1.29, 1.82) is 0 Å². The summed E-state index contributed by atoms with van der Waals surface area (Å²) in [5.41, 5.74) is 2.48. The van der Waals surface area contributed by atoms with Crippen LogP contribution in [0.5, 0.6) is 0 Å². The van der Waals surface area contributed by atoms with E-state index in [0.29, 0.717) is 0 Å². The summed E-state index contributed by atoms with van der Waals surface area (Å²) in [4.78, 5) is 2.34. The first-order valence-electron chi connectivity index (χ1n) is 7.48. The lowest BCUT2D eigenvalue weighted by Crippen LogP contribution is -2.43. The summed E-state index contributed by atoms with van der Waals surface area (Å²) in [7, 11) is 0. The van der Waals surface area contributed by atoms with Gasteiger partial charge in [-0.05, 0) is 12.0 Å². The average molecular weight is 283 g/mol. The zero-order chi connectivity index (χ0) is 14.3. The van der Waals surface area contributed by atoms with Gasteiger partial charge in [-0.1, -0.05) is 30.3 Å². The van der Waals surface area contributed by atoms with Crippen molar-refractivity contribution in [1.82, 2.24) is 15.5 Å². The van der Waals surface area contributed by atoms with Crippen LogP contribution in [-0.2, 0) is 6.42 Å². The van der Waals surface area contributed by atoms with E-state index in [0.717, 1.165) is 50.6 Å². The molecule has 0 amide bonds. The van der Waals surface area contributed by atoms with E-state index in [-0.39, 0.29) is 0 Å². The van der Waals surface area contributed by atoms with Gasteiger partial charge in [0.1, 0.15) is 0 Å². The van der Waals surface area contributed by atoms with E-state index in [1.165, 1.54) is 5.56 Å². The summed E-state index contributed by atoms with van der Waals surface area (Å²) in [6.07, 6.45) is 2.83. The second-order valence-corrected chi connectivity index (χ2v) is 5.20. The number of hydrogen-bond donors (Lipinski definition) is 2. The number of piperazine rings is 1. The minimum atomic E-state index is 0.849. The highest BCUT2D eigenvalue weighted by Gasteiger charge is 2.11. The molecule has 3 rings (SSSR count). The minimum absolute atomic E-state index is 0.849. The van der Waals surface area contributed by atoms with Crippen LogP contribution in [0.4, 0.5) is 11.5 Å². The van der Waals surface area contributed by atoms with Crippen molar-refractivity contribution in [2.45, 2.75) is 6.42 Å². The molecule has 21 heavy (non-hydrogen) atoms. The molecule has 2 N–H and O–H groups in total. The van der Waals surface area contributed by atoms with Crippen molar-refractivity contribution in [3.63, 3.8) is 0 Å². The summed E-state index contributed by atoms with van der Waals surface area (Å²) in [5, 5.41) is 15.0. The molecule has 1 fully saturated rings. The third-order valence-corrected chi connectivity index (χ3v) is 3.68. The van der Waals surface area contributed by atoms with E-state index < -0.39 is 0 Å². The molecule has 0 aliphatic carbocycles. The van der Waals surface area contributed by atoms with Gasteiger partial charge in [0.25, 0.3) is 0 Å². The van der Waals surface area contributed by atoms with Crippen molar-refractivity contribution >= 4 is 11.5 Å². The Kier molecular flexibility index (Phi) is 4.63. The van der Waals surface area contributed by atoms with E-state index in [9.17, 15) is 0 Å². The molecule has 0 bridgehead atoms. The first kappa shape index (κ1) is 13.8.